The third-order valence-electron chi connectivity index (χ3n) is 2.22. The van der Waals surface area contributed by atoms with Crippen molar-refractivity contribution in [2.45, 2.75) is 39.7 Å². The smallest absolute Gasteiger partial charge is 0.231 e. The molecule has 0 spiro atoms. The molecule has 0 radical (unpaired) electrons. The molecule has 0 bridgehead atoms. The lowest BCUT2D eigenvalue weighted by atomic mass is 10.2. The molecule has 7 heteroatoms. The number of nitrogens with zero attached hydrogens (tertiary/aromatic N) is 2. The Hall–Kier alpha value is -1.24. The van der Waals surface area contributed by atoms with Gasteiger partial charge in [-0.2, -0.15) is 5.10 Å². The van der Waals surface area contributed by atoms with Gasteiger partial charge in [-0.15, -0.1) is 4.47 Å². The van der Waals surface area contributed by atoms with Gasteiger partial charge in [-0.1, -0.05) is 0 Å². The van der Waals surface area contributed by atoms with Crippen LogP contribution in [-0.4, -0.2) is 35.2 Å². The van der Waals surface area contributed by atoms with Crippen LogP contribution in [0.25, 0.3) is 0 Å². The molecule has 1 aliphatic heterocycles. The summed E-state index contributed by atoms with van der Waals surface area (Å²) in [6.45, 7) is 5.71. The lowest BCUT2D eigenvalue weighted by molar-refractivity contribution is -0.121. The third kappa shape index (κ3) is 5.90. The van der Waals surface area contributed by atoms with Crippen LogP contribution in [0.1, 0.15) is 33.6 Å². The largest absolute Gasteiger partial charge is 0.354 e. The molecule has 1 aliphatic rings. The minimum absolute atomic E-state index is 0.0275. The molecule has 1 heterocycles. The lowest BCUT2D eigenvalue weighted by Gasteiger charge is -2.07. The van der Waals surface area contributed by atoms with Gasteiger partial charge in [0.2, 0.25) is 11.8 Å². The van der Waals surface area contributed by atoms with Crippen molar-refractivity contribution in [3.63, 3.8) is 0 Å². The van der Waals surface area contributed by atoms with E-state index in [-0.39, 0.29) is 28.5 Å². The molecular weight excluding hydrogens is 252 g/mol. The maximum Gasteiger partial charge on any atom is 0.231 e. The van der Waals surface area contributed by atoms with Gasteiger partial charge in [0.25, 0.3) is 0 Å². The maximum atomic E-state index is 11.4. The molecule has 1 saturated heterocycles. The zero-order chi connectivity index (χ0) is 13.5. The van der Waals surface area contributed by atoms with Gasteiger partial charge in [0.1, 0.15) is 0 Å². The molecular formula is C11H20N4O2S. The molecule has 1 rings (SSSR count). The Morgan fingerprint density at radius 1 is 1.50 bits per heavy atom. The Labute approximate surface area is 110 Å². The Morgan fingerprint density at radius 3 is 2.78 bits per heavy atom. The SMILES string of the molecule is C/C(CCC(=O)NC(C)C)=N\N=S1\CNC(=O)C1. The molecule has 0 saturated carbocycles. The van der Waals surface area contributed by atoms with E-state index in [9.17, 15) is 9.59 Å². The van der Waals surface area contributed by atoms with Gasteiger partial charge in [0, 0.05) is 18.2 Å². The summed E-state index contributed by atoms with van der Waals surface area (Å²) < 4.78 is 4.11. The fourth-order valence-electron chi connectivity index (χ4n) is 1.34. The second kappa shape index (κ2) is 7.25. The Kier molecular flexibility index (Phi) is 5.97. The number of nitrogens with one attached hydrogen (secondary N) is 2. The summed E-state index contributed by atoms with van der Waals surface area (Å²) in [4.78, 5) is 22.4. The number of rotatable bonds is 5. The molecule has 102 valence electrons. The average molecular weight is 272 g/mol. The molecule has 2 amide bonds. The van der Waals surface area contributed by atoms with Crippen LogP contribution in [0.4, 0.5) is 0 Å². The highest BCUT2D eigenvalue weighted by Crippen LogP contribution is 1.99. The number of hydrogen-bond donors (Lipinski definition) is 2. The molecule has 0 aromatic heterocycles. The molecule has 2 N–H and O–H groups in total. The fourth-order valence-corrected chi connectivity index (χ4v) is 2.55. The van der Waals surface area contributed by atoms with Crippen molar-refractivity contribution in [1.29, 1.82) is 0 Å². The van der Waals surface area contributed by atoms with Crippen LogP contribution in [0.2, 0.25) is 0 Å². The fraction of sp³-hybridized carbons (Fsp3) is 0.727. The first-order chi connectivity index (χ1) is 8.47. The van der Waals surface area contributed by atoms with Crippen LogP contribution >= 0.6 is 0 Å². The maximum absolute atomic E-state index is 11.4. The van der Waals surface area contributed by atoms with Crippen molar-refractivity contribution in [2.24, 2.45) is 9.57 Å². The van der Waals surface area contributed by atoms with Gasteiger partial charge in [0.15, 0.2) is 0 Å². The Bertz CT molecular complexity index is 391. The first kappa shape index (κ1) is 14.8. The summed E-state index contributed by atoms with van der Waals surface area (Å²) in [5.41, 5.74) is 0.820. The molecule has 1 atom stereocenters. The van der Waals surface area contributed by atoms with Crippen LogP contribution in [0.5, 0.6) is 0 Å². The van der Waals surface area contributed by atoms with E-state index in [0.717, 1.165) is 5.71 Å². The predicted octanol–water partition coefficient (Wildman–Crippen LogP) is 0.556. The van der Waals surface area contributed by atoms with E-state index in [1.165, 1.54) is 0 Å². The standard InChI is InChI=1S/C11H20N4O2S/c1-8(2)13-10(16)5-4-9(3)14-15-18-6-11(17)12-7-18/h8H,4-7H2,1-3H3,(H,12,17)(H,13,16)/b14-9+. The Balaban J connectivity index is 2.34. The van der Waals surface area contributed by atoms with E-state index in [2.05, 4.69) is 20.2 Å². The van der Waals surface area contributed by atoms with Gasteiger partial charge in [-0.05, 0) is 37.9 Å². The highest BCUT2D eigenvalue weighted by molar-refractivity contribution is 7.88. The zero-order valence-electron chi connectivity index (χ0n) is 11.0. The van der Waals surface area contributed by atoms with Crippen molar-refractivity contribution < 1.29 is 9.59 Å². The van der Waals surface area contributed by atoms with Crippen LogP contribution in [0, 0.1) is 0 Å². The van der Waals surface area contributed by atoms with E-state index in [1.54, 1.807) is 0 Å². The first-order valence-electron chi connectivity index (χ1n) is 5.95. The summed E-state index contributed by atoms with van der Waals surface area (Å²) >= 11 is 0. The van der Waals surface area contributed by atoms with Crippen LogP contribution in [0.3, 0.4) is 0 Å². The van der Waals surface area contributed by atoms with Crippen molar-refractivity contribution in [3.8, 4) is 0 Å². The van der Waals surface area contributed by atoms with E-state index in [0.29, 0.717) is 24.5 Å². The van der Waals surface area contributed by atoms with Crippen molar-refractivity contribution >= 4 is 28.2 Å². The summed E-state index contributed by atoms with van der Waals surface area (Å²) in [6, 6.07) is 0.163. The van der Waals surface area contributed by atoms with Crippen molar-refractivity contribution in [1.82, 2.24) is 10.6 Å². The number of hydrogen-bond acceptors (Lipinski definition) is 3. The topological polar surface area (TPSA) is 82.9 Å². The Morgan fingerprint density at radius 2 is 2.22 bits per heavy atom. The molecule has 6 nitrogen and oxygen atoms in total. The van der Waals surface area contributed by atoms with Crippen LogP contribution in [-0.2, 0) is 20.3 Å². The quantitative estimate of drug-likeness (QED) is 0.566. The molecule has 0 aromatic rings. The van der Waals surface area contributed by atoms with E-state index >= 15 is 0 Å². The van der Waals surface area contributed by atoms with Crippen LogP contribution < -0.4 is 10.6 Å². The van der Waals surface area contributed by atoms with Gasteiger partial charge < -0.3 is 10.6 Å². The van der Waals surface area contributed by atoms with Gasteiger partial charge >= 0.3 is 0 Å². The molecule has 1 fully saturated rings. The molecule has 18 heavy (non-hydrogen) atoms. The summed E-state index contributed by atoms with van der Waals surface area (Å²) in [6.07, 6.45) is 1.02. The second-order valence-electron chi connectivity index (χ2n) is 4.49. The summed E-state index contributed by atoms with van der Waals surface area (Å²) in [5, 5.41) is 9.61. The zero-order valence-corrected chi connectivity index (χ0v) is 11.8. The highest BCUT2D eigenvalue weighted by Gasteiger charge is 2.14. The average Bonchev–Trinajstić information content (AvgIpc) is 2.69. The number of carbonyl (C=O) groups excluding carboxylic acids is 2. The minimum Gasteiger partial charge on any atom is -0.354 e. The summed E-state index contributed by atoms with van der Waals surface area (Å²) in [7, 11) is -0.325. The monoisotopic (exact) mass is 272 g/mol. The van der Waals surface area contributed by atoms with E-state index < -0.39 is 0 Å². The van der Waals surface area contributed by atoms with Crippen molar-refractivity contribution in [2.75, 3.05) is 11.6 Å². The van der Waals surface area contributed by atoms with Crippen LogP contribution in [0.15, 0.2) is 9.57 Å². The summed E-state index contributed by atoms with van der Waals surface area (Å²) in [5.74, 6) is 1.08. The van der Waals surface area contributed by atoms with Crippen molar-refractivity contribution in [3.05, 3.63) is 0 Å². The molecule has 0 aromatic carbocycles. The van der Waals surface area contributed by atoms with Gasteiger partial charge in [0.05, 0.1) is 11.6 Å². The van der Waals surface area contributed by atoms with E-state index in [1.807, 2.05) is 20.8 Å². The lowest BCUT2D eigenvalue weighted by Crippen LogP contribution is -2.30. The van der Waals surface area contributed by atoms with E-state index in [4.69, 9.17) is 0 Å². The first-order valence-corrected chi connectivity index (χ1v) is 7.47. The predicted molar refractivity (Wildman–Crippen MR) is 73.3 cm³/mol. The normalized spacial score (nSPS) is 20.3. The second-order valence-corrected chi connectivity index (χ2v) is 6.16. The minimum atomic E-state index is -0.325. The number of carbonyl (C=O) groups is 2. The number of amides is 2. The van der Waals surface area contributed by atoms with Gasteiger partial charge in [-0.25, -0.2) is 0 Å². The molecule has 0 aliphatic carbocycles. The highest BCUT2D eigenvalue weighted by atomic mass is 32.2. The third-order valence-corrected chi connectivity index (χ3v) is 3.61. The van der Waals surface area contributed by atoms with Gasteiger partial charge in [-0.3, -0.25) is 9.59 Å². The molecule has 1 unspecified atom stereocenters.